The third-order valence-electron chi connectivity index (χ3n) is 4.11. The van der Waals surface area contributed by atoms with Gasteiger partial charge >= 0.3 is 0 Å². The number of nitrogens with one attached hydrogen (secondary N) is 1. The Labute approximate surface area is 139 Å². The van der Waals surface area contributed by atoms with E-state index < -0.39 is 0 Å². The maximum absolute atomic E-state index is 5.75. The lowest BCUT2D eigenvalue weighted by Gasteiger charge is -2.18. The molecule has 0 spiro atoms. The zero-order valence-electron chi connectivity index (χ0n) is 14.1. The summed E-state index contributed by atoms with van der Waals surface area (Å²) in [6, 6.07) is 17.0. The van der Waals surface area contributed by atoms with Crippen molar-refractivity contribution >= 4 is 11.4 Å². The molecule has 2 aromatic rings. The average Bonchev–Trinajstić information content (AvgIpc) is 3.08. The lowest BCUT2D eigenvalue weighted by Crippen LogP contribution is -2.17. The van der Waals surface area contributed by atoms with E-state index in [1.807, 2.05) is 26.0 Å². The van der Waals surface area contributed by atoms with Crippen LogP contribution in [0.2, 0.25) is 0 Å². The molecule has 1 aliphatic heterocycles. The summed E-state index contributed by atoms with van der Waals surface area (Å²) in [5, 5.41) is 3.49. The summed E-state index contributed by atoms with van der Waals surface area (Å²) in [6.45, 7) is 7.28. The van der Waals surface area contributed by atoms with Crippen LogP contribution in [0, 0.1) is 0 Å². The SMILES string of the molecule is CC(C)Oc1cccc(CNc2ccc(N3CCCC3)cc2)c1. The van der Waals surface area contributed by atoms with E-state index in [2.05, 4.69) is 46.6 Å². The Kier molecular flexibility index (Phi) is 5.06. The second kappa shape index (κ2) is 7.40. The van der Waals surface area contributed by atoms with Crippen molar-refractivity contribution in [3.63, 3.8) is 0 Å². The van der Waals surface area contributed by atoms with Gasteiger partial charge in [-0.1, -0.05) is 12.1 Å². The quantitative estimate of drug-likeness (QED) is 0.838. The van der Waals surface area contributed by atoms with Gasteiger partial charge < -0.3 is 15.0 Å². The maximum Gasteiger partial charge on any atom is 0.120 e. The van der Waals surface area contributed by atoms with Crippen LogP contribution in [0.15, 0.2) is 48.5 Å². The van der Waals surface area contributed by atoms with Gasteiger partial charge in [-0.3, -0.25) is 0 Å². The highest BCUT2D eigenvalue weighted by atomic mass is 16.5. The van der Waals surface area contributed by atoms with Crippen LogP contribution in [0.25, 0.3) is 0 Å². The van der Waals surface area contributed by atoms with Crippen molar-refractivity contribution in [2.75, 3.05) is 23.3 Å². The first-order valence-electron chi connectivity index (χ1n) is 8.55. The first-order valence-corrected chi connectivity index (χ1v) is 8.55. The molecule has 0 unspecified atom stereocenters. The van der Waals surface area contributed by atoms with Gasteiger partial charge in [-0.05, 0) is 68.7 Å². The van der Waals surface area contributed by atoms with Gasteiger partial charge in [0.25, 0.3) is 0 Å². The van der Waals surface area contributed by atoms with Crippen molar-refractivity contribution in [2.24, 2.45) is 0 Å². The second-order valence-corrected chi connectivity index (χ2v) is 6.41. The Bertz CT molecular complexity index is 616. The molecule has 0 aliphatic carbocycles. The molecule has 3 nitrogen and oxygen atoms in total. The number of rotatable bonds is 6. The molecule has 1 N–H and O–H groups in total. The highest BCUT2D eigenvalue weighted by molar-refractivity contribution is 5.55. The highest BCUT2D eigenvalue weighted by Gasteiger charge is 2.11. The molecule has 122 valence electrons. The molecule has 23 heavy (non-hydrogen) atoms. The maximum atomic E-state index is 5.75. The van der Waals surface area contributed by atoms with Crippen LogP contribution < -0.4 is 15.0 Å². The standard InChI is InChI=1S/C20H26N2O/c1-16(2)23-20-7-5-6-17(14-20)15-21-18-8-10-19(11-9-18)22-12-3-4-13-22/h5-11,14,16,21H,3-4,12-13,15H2,1-2H3. The van der Waals surface area contributed by atoms with Crippen molar-refractivity contribution in [2.45, 2.75) is 39.3 Å². The van der Waals surface area contributed by atoms with E-state index in [1.165, 1.54) is 37.2 Å². The van der Waals surface area contributed by atoms with Gasteiger partial charge in [-0.15, -0.1) is 0 Å². The summed E-state index contributed by atoms with van der Waals surface area (Å²) in [5.74, 6) is 0.934. The van der Waals surface area contributed by atoms with Crippen LogP contribution in [-0.2, 0) is 6.54 Å². The third kappa shape index (κ3) is 4.41. The lowest BCUT2D eigenvalue weighted by molar-refractivity contribution is 0.242. The average molecular weight is 310 g/mol. The molecular formula is C20H26N2O. The molecule has 1 heterocycles. The minimum absolute atomic E-state index is 0.205. The molecule has 1 saturated heterocycles. The highest BCUT2D eigenvalue weighted by Crippen LogP contribution is 2.22. The number of anilines is 2. The molecule has 0 amide bonds. The number of ether oxygens (including phenoxy) is 1. The molecule has 0 saturated carbocycles. The fourth-order valence-corrected chi connectivity index (χ4v) is 2.97. The molecule has 1 fully saturated rings. The Hall–Kier alpha value is -2.16. The largest absolute Gasteiger partial charge is 0.491 e. The normalized spacial score (nSPS) is 14.3. The van der Waals surface area contributed by atoms with Gasteiger partial charge in [0.15, 0.2) is 0 Å². The summed E-state index contributed by atoms with van der Waals surface area (Å²) in [4.78, 5) is 2.45. The van der Waals surface area contributed by atoms with Gasteiger partial charge in [0.1, 0.15) is 5.75 Å². The Morgan fingerprint density at radius 1 is 1.04 bits per heavy atom. The monoisotopic (exact) mass is 310 g/mol. The predicted molar refractivity (Wildman–Crippen MR) is 97.4 cm³/mol. The predicted octanol–water partition coefficient (Wildman–Crippen LogP) is 4.69. The molecule has 1 aliphatic rings. The molecule has 0 aromatic heterocycles. The first-order chi connectivity index (χ1) is 11.2. The summed E-state index contributed by atoms with van der Waals surface area (Å²) in [7, 11) is 0. The van der Waals surface area contributed by atoms with Crippen molar-refractivity contribution in [1.82, 2.24) is 0 Å². The van der Waals surface area contributed by atoms with Crippen molar-refractivity contribution in [3.05, 3.63) is 54.1 Å². The summed E-state index contributed by atoms with van der Waals surface area (Å²) < 4.78 is 5.75. The summed E-state index contributed by atoms with van der Waals surface area (Å²) in [5.41, 5.74) is 3.72. The lowest BCUT2D eigenvalue weighted by atomic mass is 10.2. The summed E-state index contributed by atoms with van der Waals surface area (Å²) in [6.07, 6.45) is 2.83. The minimum Gasteiger partial charge on any atom is -0.491 e. The van der Waals surface area contributed by atoms with Crippen LogP contribution in [0.3, 0.4) is 0 Å². The molecule has 3 rings (SSSR count). The Balaban J connectivity index is 1.57. The molecular weight excluding hydrogens is 284 g/mol. The van der Waals surface area contributed by atoms with E-state index in [-0.39, 0.29) is 6.10 Å². The first kappa shape index (κ1) is 15.7. The number of hydrogen-bond acceptors (Lipinski definition) is 3. The van der Waals surface area contributed by atoms with Crippen LogP contribution >= 0.6 is 0 Å². The molecule has 0 bridgehead atoms. The van der Waals surface area contributed by atoms with E-state index >= 15 is 0 Å². The van der Waals surface area contributed by atoms with Crippen molar-refractivity contribution in [1.29, 1.82) is 0 Å². The zero-order valence-corrected chi connectivity index (χ0v) is 14.1. The second-order valence-electron chi connectivity index (χ2n) is 6.41. The van der Waals surface area contributed by atoms with Crippen LogP contribution in [-0.4, -0.2) is 19.2 Å². The van der Waals surface area contributed by atoms with E-state index in [1.54, 1.807) is 0 Å². The fraction of sp³-hybridized carbons (Fsp3) is 0.400. The van der Waals surface area contributed by atoms with Crippen LogP contribution in [0.1, 0.15) is 32.3 Å². The van der Waals surface area contributed by atoms with E-state index in [0.717, 1.165) is 18.0 Å². The van der Waals surface area contributed by atoms with Crippen molar-refractivity contribution in [3.8, 4) is 5.75 Å². The topological polar surface area (TPSA) is 24.5 Å². The molecule has 2 aromatic carbocycles. The number of nitrogens with zero attached hydrogens (tertiary/aromatic N) is 1. The van der Waals surface area contributed by atoms with Gasteiger partial charge in [0, 0.05) is 31.0 Å². The van der Waals surface area contributed by atoms with Gasteiger partial charge in [-0.25, -0.2) is 0 Å². The number of benzene rings is 2. The van der Waals surface area contributed by atoms with E-state index in [9.17, 15) is 0 Å². The molecule has 3 heteroatoms. The van der Waals surface area contributed by atoms with E-state index in [0.29, 0.717) is 0 Å². The Morgan fingerprint density at radius 3 is 2.48 bits per heavy atom. The van der Waals surface area contributed by atoms with Gasteiger partial charge in [-0.2, -0.15) is 0 Å². The third-order valence-corrected chi connectivity index (χ3v) is 4.11. The number of hydrogen-bond donors (Lipinski definition) is 1. The van der Waals surface area contributed by atoms with E-state index in [4.69, 9.17) is 4.74 Å². The van der Waals surface area contributed by atoms with Crippen LogP contribution in [0.4, 0.5) is 11.4 Å². The van der Waals surface area contributed by atoms with Gasteiger partial charge in [0.2, 0.25) is 0 Å². The Morgan fingerprint density at radius 2 is 1.78 bits per heavy atom. The minimum atomic E-state index is 0.205. The van der Waals surface area contributed by atoms with Crippen molar-refractivity contribution < 1.29 is 4.74 Å². The molecule has 0 radical (unpaired) electrons. The smallest absolute Gasteiger partial charge is 0.120 e. The van der Waals surface area contributed by atoms with Gasteiger partial charge in [0.05, 0.1) is 6.10 Å². The van der Waals surface area contributed by atoms with Crippen LogP contribution in [0.5, 0.6) is 5.75 Å². The summed E-state index contributed by atoms with van der Waals surface area (Å²) >= 11 is 0. The fourth-order valence-electron chi connectivity index (χ4n) is 2.97. The molecule has 0 atom stereocenters. The zero-order chi connectivity index (χ0) is 16.1.